The van der Waals surface area contributed by atoms with E-state index in [0.29, 0.717) is 11.1 Å². The van der Waals surface area contributed by atoms with Crippen LogP contribution in [0.4, 0.5) is 5.69 Å². The normalized spacial score (nSPS) is 11.7. The molecule has 2 heterocycles. The number of aromatic amines is 1. The predicted octanol–water partition coefficient (Wildman–Crippen LogP) is 3.15. The average Bonchev–Trinajstić information content (AvgIpc) is 2.87. The molecule has 0 aliphatic rings. The van der Waals surface area contributed by atoms with Gasteiger partial charge < -0.3 is 4.98 Å². The first-order valence-corrected chi connectivity index (χ1v) is 8.94. The molecule has 0 fully saturated rings. The Hall–Kier alpha value is -1.64. The summed E-state index contributed by atoms with van der Waals surface area (Å²) in [6, 6.07) is 9.80. The molecule has 0 bridgehead atoms. The summed E-state index contributed by atoms with van der Waals surface area (Å²) in [7, 11) is -3.65. The molecule has 21 heavy (non-hydrogen) atoms. The van der Waals surface area contributed by atoms with Gasteiger partial charge in [0.2, 0.25) is 0 Å². The van der Waals surface area contributed by atoms with Gasteiger partial charge >= 0.3 is 0 Å². The monoisotopic (exact) mass is 384 g/mol. The first-order valence-electron chi connectivity index (χ1n) is 5.85. The van der Waals surface area contributed by atoms with Gasteiger partial charge in [0.15, 0.2) is 0 Å². The first-order chi connectivity index (χ1) is 9.95. The SMILES string of the molecule is O=c1[nH]ccc2ccc(NS(=O)(=O)c3ccc(Br)s3)cc12. The Morgan fingerprint density at radius 2 is 1.95 bits per heavy atom. The highest BCUT2D eigenvalue weighted by molar-refractivity contribution is 9.11. The maximum Gasteiger partial charge on any atom is 0.271 e. The molecule has 0 atom stereocenters. The number of pyridine rings is 1. The molecule has 0 radical (unpaired) electrons. The second kappa shape index (κ2) is 5.28. The maximum absolute atomic E-state index is 12.2. The summed E-state index contributed by atoms with van der Waals surface area (Å²) in [5, 5.41) is 1.19. The van der Waals surface area contributed by atoms with Crippen LogP contribution in [0.5, 0.6) is 0 Å². The summed E-state index contributed by atoms with van der Waals surface area (Å²) in [5.41, 5.74) is 0.0936. The summed E-state index contributed by atoms with van der Waals surface area (Å²) in [4.78, 5) is 14.3. The van der Waals surface area contributed by atoms with Crippen molar-refractivity contribution in [3.05, 3.63) is 56.7 Å². The number of fused-ring (bicyclic) bond motifs is 1. The van der Waals surface area contributed by atoms with E-state index in [-0.39, 0.29) is 9.77 Å². The molecule has 1 aromatic carbocycles. The number of hydrogen-bond acceptors (Lipinski definition) is 4. The molecular formula is C13H9BrN2O3S2. The highest BCUT2D eigenvalue weighted by atomic mass is 79.9. The second-order valence-corrected chi connectivity index (χ2v) is 8.65. The molecule has 0 aliphatic carbocycles. The van der Waals surface area contributed by atoms with Crippen LogP contribution in [0.3, 0.4) is 0 Å². The lowest BCUT2D eigenvalue weighted by atomic mass is 10.1. The molecule has 0 amide bonds. The number of rotatable bonds is 3. The van der Waals surface area contributed by atoms with E-state index >= 15 is 0 Å². The van der Waals surface area contributed by atoms with Crippen molar-refractivity contribution >= 4 is 53.7 Å². The lowest BCUT2D eigenvalue weighted by molar-refractivity contribution is 0.603. The topological polar surface area (TPSA) is 79.0 Å². The number of aromatic nitrogens is 1. The second-order valence-electron chi connectivity index (χ2n) is 4.27. The molecule has 2 aromatic heterocycles. The molecule has 0 aliphatic heterocycles. The van der Waals surface area contributed by atoms with E-state index in [1.165, 1.54) is 12.1 Å². The smallest absolute Gasteiger partial charge is 0.271 e. The van der Waals surface area contributed by atoms with Gasteiger partial charge in [-0.25, -0.2) is 8.42 Å². The largest absolute Gasteiger partial charge is 0.329 e. The van der Waals surface area contributed by atoms with Crippen LogP contribution >= 0.6 is 27.3 Å². The van der Waals surface area contributed by atoms with Crippen molar-refractivity contribution in [2.75, 3.05) is 4.72 Å². The Morgan fingerprint density at radius 1 is 1.14 bits per heavy atom. The zero-order valence-corrected chi connectivity index (χ0v) is 13.7. The molecule has 5 nitrogen and oxygen atoms in total. The molecular weight excluding hydrogens is 376 g/mol. The van der Waals surface area contributed by atoms with Crippen molar-refractivity contribution in [1.29, 1.82) is 0 Å². The molecule has 3 aromatic rings. The van der Waals surface area contributed by atoms with E-state index in [2.05, 4.69) is 25.6 Å². The Balaban J connectivity index is 2.02. The zero-order chi connectivity index (χ0) is 15.0. The lowest BCUT2D eigenvalue weighted by Gasteiger charge is -2.07. The maximum atomic E-state index is 12.2. The molecule has 0 saturated carbocycles. The molecule has 0 spiro atoms. The minimum Gasteiger partial charge on any atom is -0.329 e. The minimum atomic E-state index is -3.65. The average molecular weight is 385 g/mol. The van der Waals surface area contributed by atoms with Gasteiger partial charge in [0.1, 0.15) is 4.21 Å². The van der Waals surface area contributed by atoms with Crippen molar-refractivity contribution < 1.29 is 8.42 Å². The predicted molar refractivity (Wildman–Crippen MR) is 87.4 cm³/mol. The van der Waals surface area contributed by atoms with Crippen LogP contribution < -0.4 is 10.3 Å². The van der Waals surface area contributed by atoms with Crippen molar-refractivity contribution in [2.45, 2.75) is 4.21 Å². The van der Waals surface area contributed by atoms with Gasteiger partial charge in [0.05, 0.1) is 3.79 Å². The van der Waals surface area contributed by atoms with Gasteiger partial charge in [0, 0.05) is 17.3 Å². The number of H-pyrrole nitrogens is 1. The molecule has 3 rings (SSSR count). The number of sulfonamides is 1. The Kier molecular flexibility index (Phi) is 3.60. The number of benzene rings is 1. The fraction of sp³-hybridized carbons (Fsp3) is 0. The summed E-state index contributed by atoms with van der Waals surface area (Å²) in [5.74, 6) is 0. The lowest BCUT2D eigenvalue weighted by Crippen LogP contribution is -2.12. The van der Waals surface area contributed by atoms with Crippen LogP contribution in [-0.2, 0) is 10.0 Å². The Morgan fingerprint density at radius 3 is 2.67 bits per heavy atom. The molecule has 8 heteroatoms. The highest BCUT2D eigenvalue weighted by Crippen LogP contribution is 2.28. The van der Waals surface area contributed by atoms with Crippen LogP contribution in [0.15, 0.2) is 55.4 Å². The van der Waals surface area contributed by atoms with Crippen LogP contribution in [0, 0.1) is 0 Å². The number of halogens is 1. The summed E-state index contributed by atoms with van der Waals surface area (Å²) < 4.78 is 27.9. The Bertz CT molecular complexity index is 976. The number of anilines is 1. The fourth-order valence-corrected chi connectivity index (χ4v) is 4.95. The van der Waals surface area contributed by atoms with E-state index in [1.807, 2.05) is 0 Å². The third-order valence-electron chi connectivity index (χ3n) is 2.84. The highest BCUT2D eigenvalue weighted by Gasteiger charge is 2.16. The van der Waals surface area contributed by atoms with Crippen LogP contribution in [0.25, 0.3) is 10.8 Å². The van der Waals surface area contributed by atoms with Gasteiger partial charge in [-0.1, -0.05) is 6.07 Å². The van der Waals surface area contributed by atoms with E-state index in [0.717, 1.165) is 20.5 Å². The summed E-state index contributed by atoms with van der Waals surface area (Å²) >= 11 is 4.35. The van der Waals surface area contributed by atoms with Crippen molar-refractivity contribution in [1.82, 2.24) is 4.98 Å². The third-order valence-corrected chi connectivity index (χ3v) is 6.34. The van der Waals surface area contributed by atoms with Crippen LogP contribution in [0.2, 0.25) is 0 Å². The third kappa shape index (κ3) is 2.87. The molecule has 108 valence electrons. The molecule has 0 unspecified atom stereocenters. The Labute approximate surface area is 132 Å². The number of nitrogens with one attached hydrogen (secondary N) is 2. The van der Waals surface area contributed by atoms with Crippen molar-refractivity contribution in [3.8, 4) is 0 Å². The quantitative estimate of drug-likeness (QED) is 0.727. The van der Waals surface area contributed by atoms with Gasteiger partial charge in [-0.2, -0.15) is 0 Å². The summed E-state index contributed by atoms with van der Waals surface area (Å²) in [6.07, 6.45) is 1.55. The van der Waals surface area contributed by atoms with Crippen molar-refractivity contribution in [3.63, 3.8) is 0 Å². The number of hydrogen-bond donors (Lipinski definition) is 2. The molecule has 0 saturated heterocycles. The van der Waals surface area contributed by atoms with Gasteiger partial charge in [-0.3, -0.25) is 9.52 Å². The van der Waals surface area contributed by atoms with Gasteiger partial charge in [0.25, 0.3) is 15.6 Å². The van der Waals surface area contributed by atoms with Crippen molar-refractivity contribution in [2.24, 2.45) is 0 Å². The van der Waals surface area contributed by atoms with Crippen LogP contribution in [0.1, 0.15) is 0 Å². The van der Waals surface area contributed by atoms with E-state index in [1.54, 1.807) is 30.5 Å². The standard InChI is InChI=1S/C13H9BrN2O3S2/c14-11-3-4-12(20-11)21(18,19)16-9-2-1-8-5-6-15-13(17)10(8)7-9/h1-7,16H,(H,15,17). The van der Waals surface area contributed by atoms with E-state index < -0.39 is 10.0 Å². The van der Waals surface area contributed by atoms with Gasteiger partial charge in [-0.15, -0.1) is 11.3 Å². The zero-order valence-electron chi connectivity index (χ0n) is 10.5. The van der Waals surface area contributed by atoms with Crippen LogP contribution in [-0.4, -0.2) is 13.4 Å². The van der Waals surface area contributed by atoms with E-state index in [9.17, 15) is 13.2 Å². The first kappa shape index (κ1) is 14.3. The summed E-state index contributed by atoms with van der Waals surface area (Å²) in [6.45, 7) is 0. The fourth-order valence-electron chi connectivity index (χ4n) is 1.89. The molecule has 2 N–H and O–H groups in total. The number of thiophene rings is 1. The minimum absolute atomic E-state index is 0.205. The van der Waals surface area contributed by atoms with Gasteiger partial charge in [-0.05, 0) is 51.6 Å². The van der Waals surface area contributed by atoms with E-state index in [4.69, 9.17) is 0 Å².